The van der Waals surface area contributed by atoms with Crippen LogP contribution in [-0.4, -0.2) is 24.9 Å². The first-order valence-corrected chi connectivity index (χ1v) is 12.7. The van der Waals surface area contributed by atoms with Crippen molar-refractivity contribution in [3.8, 4) is 0 Å². The number of amides is 2. The Morgan fingerprint density at radius 2 is 1.48 bits per heavy atom. The Hall–Kier alpha value is -3.12. The van der Waals surface area contributed by atoms with Crippen molar-refractivity contribution in [3.63, 3.8) is 0 Å². The molecule has 2 N–H and O–H groups in total. The molecule has 1 aromatic heterocycles. The fourth-order valence-corrected chi connectivity index (χ4v) is 6.04. The molecule has 0 spiro atoms. The van der Waals surface area contributed by atoms with E-state index in [4.69, 9.17) is 0 Å². The molecular weight excluding hydrogens is 430 g/mol. The first-order chi connectivity index (χ1) is 16.2. The van der Waals surface area contributed by atoms with Crippen LogP contribution in [0.3, 0.4) is 0 Å². The fraction of sp³-hybridized carbons (Fsp3) is 0.333. The van der Waals surface area contributed by atoms with Crippen LogP contribution in [0, 0.1) is 0 Å². The number of benzene rings is 2. The van der Waals surface area contributed by atoms with Gasteiger partial charge in [0.05, 0.1) is 5.56 Å². The van der Waals surface area contributed by atoms with Crippen molar-refractivity contribution in [2.45, 2.75) is 44.9 Å². The molecule has 0 bridgehead atoms. The highest BCUT2D eigenvalue weighted by atomic mass is 32.1. The summed E-state index contributed by atoms with van der Waals surface area (Å²) in [6.07, 6.45) is 7.81. The lowest BCUT2D eigenvalue weighted by molar-refractivity contribution is 0.102. The Labute approximate surface area is 198 Å². The monoisotopic (exact) mass is 459 g/mol. The molecule has 2 heterocycles. The van der Waals surface area contributed by atoms with Gasteiger partial charge in [0, 0.05) is 34.9 Å². The van der Waals surface area contributed by atoms with Gasteiger partial charge in [0.25, 0.3) is 11.8 Å². The zero-order valence-electron chi connectivity index (χ0n) is 18.7. The summed E-state index contributed by atoms with van der Waals surface area (Å²) in [4.78, 5) is 29.8. The van der Waals surface area contributed by atoms with Crippen LogP contribution in [0.4, 0.5) is 16.4 Å². The van der Waals surface area contributed by atoms with E-state index in [-0.39, 0.29) is 11.8 Å². The van der Waals surface area contributed by atoms with Crippen molar-refractivity contribution in [1.29, 1.82) is 0 Å². The van der Waals surface area contributed by atoms with Crippen LogP contribution < -0.4 is 15.5 Å². The van der Waals surface area contributed by atoms with Gasteiger partial charge in [-0.05, 0) is 86.9 Å². The fourth-order valence-electron chi connectivity index (χ4n) is 4.76. The van der Waals surface area contributed by atoms with E-state index in [1.165, 1.54) is 29.8 Å². The van der Waals surface area contributed by atoms with Gasteiger partial charge in [-0.3, -0.25) is 9.59 Å². The molecule has 2 amide bonds. The number of nitrogens with one attached hydrogen (secondary N) is 2. The molecule has 1 aliphatic heterocycles. The summed E-state index contributed by atoms with van der Waals surface area (Å²) in [7, 11) is 0. The van der Waals surface area contributed by atoms with Crippen molar-refractivity contribution >= 4 is 39.5 Å². The Balaban J connectivity index is 1.36. The van der Waals surface area contributed by atoms with Gasteiger partial charge in [-0.25, -0.2) is 0 Å². The van der Waals surface area contributed by atoms with Crippen molar-refractivity contribution in [2.24, 2.45) is 0 Å². The highest BCUT2D eigenvalue weighted by molar-refractivity contribution is 7.17. The van der Waals surface area contributed by atoms with Gasteiger partial charge >= 0.3 is 0 Å². The van der Waals surface area contributed by atoms with Crippen LogP contribution in [0.1, 0.15) is 63.3 Å². The normalized spacial score (nSPS) is 15.6. The zero-order chi connectivity index (χ0) is 22.6. The molecule has 0 saturated carbocycles. The largest absolute Gasteiger partial charge is 0.372 e. The maximum atomic E-state index is 13.4. The van der Waals surface area contributed by atoms with Crippen molar-refractivity contribution in [2.75, 3.05) is 28.6 Å². The third-order valence-corrected chi connectivity index (χ3v) is 7.72. The van der Waals surface area contributed by atoms with Crippen LogP contribution in [0.25, 0.3) is 0 Å². The third-order valence-electron chi connectivity index (χ3n) is 6.51. The first kappa shape index (κ1) is 21.7. The lowest BCUT2D eigenvalue weighted by Crippen LogP contribution is -2.29. The topological polar surface area (TPSA) is 61.4 Å². The molecule has 0 unspecified atom stereocenters. The maximum Gasteiger partial charge on any atom is 0.258 e. The average Bonchev–Trinajstić information content (AvgIpc) is 3.23. The van der Waals surface area contributed by atoms with Crippen molar-refractivity contribution in [3.05, 3.63) is 76.2 Å². The summed E-state index contributed by atoms with van der Waals surface area (Å²) in [5, 5.41) is 6.74. The maximum absolute atomic E-state index is 13.4. The Morgan fingerprint density at radius 3 is 2.24 bits per heavy atom. The third kappa shape index (κ3) is 4.81. The number of fused-ring (bicyclic) bond motifs is 1. The minimum absolute atomic E-state index is 0.150. The van der Waals surface area contributed by atoms with E-state index < -0.39 is 0 Å². The zero-order valence-corrected chi connectivity index (χ0v) is 19.5. The molecule has 170 valence electrons. The molecule has 6 heteroatoms. The Morgan fingerprint density at radius 1 is 0.758 bits per heavy atom. The molecule has 2 aromatic carbocycles. The van der Waals surface area contributed by atoms with Gasteiger partial charge in [-0.2, -0.15) is 0 Å². The van der Waals surface area contributed by atoms with Gasteiger partial charge in [0.2, 0.25) is 0 Å². The Kier molecular flexibility index (Phi) is 6.44. The molecule has 0 radical (unpaired) electrons. The number of rotatable bonds is 5. The number of nitrogens with zero attached hydrogens (tertiary/aromatic N) is 1. The standard InChI is InChI=1S/C27H29N3O2S/c31-25(19-9-3-1-4-10-19)29-27-24(22-11-5-6-12-23(22)33-27)26(32)28-20-13-15-21(16-14-20)30-17-7-2-8-18-30/h1,3-4,9-10,13-16H,2,5-8,11-12,17-18H2,(H,28,32)(H,29,31). The van der Waals surface area contributed by atoms with Crippen LogP contribution in [-0.2, 0) is 12.8 Å². The quantitative estimate of drug-likeness (QED) is 0.483. The van der Waals surface area contributed by atoms with Gasteiger partial charge in [0.15, 0.2) is 0 Å². The molecule has 5 rings (SSSR count). The summed E-state index contributed by atoms with van der Waals surface area (Å²) in [5.74, 6) is -0.336. The van der Waals surface area contributed by atoms with Gasteiger partial charge < -0.3 is 15.5 Å². The highest BCUT2D eigenvalue weighted by Crippen LogP contribution is 2.39. The molecule has 3 aromatic rings. The molecule has 0 atom stereocenters. The number of thiophene rings is 1. The highest BCUT2D eigenvalue weighted by Gasteiger charge is 2.26. The number of anilines is 3. The van der Waals surface area contributed by atoms with Gasteiger partial charge in [-0.1, -0.05) is 18.2 Å². The molecule has 1 fully saturated rings. The van der Waals surface area contributed by atoms with E-state index >= 15 is 0 Å². The minimum atomic E-state index is -0.186. The van der Waals surface area contributed by atoms with Crippen LogP contribution >= 0.6 is 11.3 Å². The predicted molar refractivity (Wildman–Crippen MR) is 136 cm³/mol. The first-order valence-electron chi connectivity index (χ1n) is 11.9. The molecular formula is C27H29N3O2S. The number of piperidine rings is 1. The number of carbonyl (C=O) groups excluding carboxylic acids is 2. The number of aryl methyl sites for hydroxylation is 1. The summed E-state index contributed by atoms with van der Waals surface area (Å²) < 4.78 is 0. The van der Waals surface area contributed by atoms with Gasteiger partial charge in [-0.15, -0.1) is 11.3 Å². The summed E-state index contributed by atoms with van der Waals surface area (Å²) >= 11 is 1.55. The minimum Gasteiger partial charge on any atom is -0.372 e. The summed E-state index contributed by atoms with van der Waals surface area (Å²) in [5.41, 5.74) is 4.29. The van der Waals surface area contributed by atoms with E-state index in [2.05, 4.69) is 27.7 Å². The van der Waals surface area contributed by atoms with E-state index in [0.717, 1.165) is 50.0 Å². The van der Waals surface area contributed by atoms with Crippen molar-refractivity contribution in [1.82, 2.24) is 0 Å². The average molecular weight is 460 g/mol. The van der Waals surface area contributed by atoms with E-state index in [1.807, 2.05) is 30.3 Å². The number of carbonyl (C=O) groups is 2. The predicted octanol–water partition coefficient (Wildman–Crippen LogP) is 6.12. The molecule has 2 aliphatic rings. The second-order valence-corrected chi connectivity index (χ2v) is 9.89. The summed E-state index contributed by atoms with van der Waals surface area (Å²) in [6.45, 7) is 2.19. The molecule has 1 saturated heterocycles. The van der Waals surface area contributed by atoms with Crippen LogP contribution in [0.5, 0.6) is 0 Å². The molecule has 33 heavy (non-hydrogen) atoms. The van der Waals surface area contributed by atoms with E-state index in [9.17, 15) is 9.59 Å². The SMILES string of the molecule is O=C(Nc1sc2c(c1C(=O)Nc1ccc(N3CCCCC3)cc1)CCCC2)c1ccccc1. The van der Waals surface area contributed by atoms with Crippen molar-refractivity contribution < 1.29 is 9.59 Å². The summed E-state index contributed by atoms with van der Waals surface area (Å²) in [6, 6.07) is 17.3. The molecule has 5 nitrogen and oxygen atoms in total. The second-order valence-electron chi connectivity index (χ2n) is 8.78. The van der Waals surface area contributed by atoms with Gasteiger partial charge in [0.1, 0.15) is 5.00 Å². The van der Waals surface area contributed by atoms with E-state index in [1.54, 1.807) is 23.5 Å². The smallest absolute Gasteiger partial charge is 0.258 e. The van der Waals surface area contributed by atoms with Crippen LogP contribution in [0.15, 0.2) is 54.6 Å². The number of hydrogen-bond acceptors (Lipinski definition) is 4. The lowest BCUT2D eigenvalue weighted by atomic mass is 9.95. The van der Waals surface area contributed by atoms with Crippen LogP contribution in [0.2, 0.25) is 0 Å². The van der Waals surface area contributed by atoms with E-state index in [0.29, 0.717) is 16.1 Å². The second kappa shape index (κ2) is 9.79. The molecule has 1 aliphatic carbocycles. The Bertz CT molecular complexity index is 1130. The number of hydrogen-bond donors (Lipinski definition) is 2. The lowest BCUT2D eigenvalue weighted by Gasteiger charge is -2.28.